The van der Waals surface area contributed by atoms with Crippen LogP contribution in [-0.4, -0.2) is 24.5 Å². The number of nitrogens with one attached hydrogen (secondary N) is 1. The van der Waals surface area contributed by atoms with Crippen LogP contribution in [0.25, 0.3) is 0 Å². The Bertz CT molecular complexity index is 369. The fourth-order valence-corrected chi connectivity index (χ4v) is 3.13. The SMILES string of the molecule is c1ccc2c(c1)CNC2CCN1CCCCC1. The van der Waals surface area contributed by atoms with Gasteiger partial charge in [0.2, 0.25) is 0 Å². The van der Waals surface area contributed by atoms with Crippen LogP contribution < -0.4 is 5.32 Å². The highest BCUT2D eigenvalue weighted by molar-refractivity contribution is 5.33. The lowest BCUT2D eigenvalue weighted by Gasteiger charge is -2.27. The maximum atomic E-state index is 3.63. The van der Waals surface area contributed by atoms with E-state index < -0.39 is 0 Å². The molecule has 2 aliphatic rings. The first-order valence-corrected chi connectivity index (χ1v) is 6.97. The molecule has 1 saturated heterocycles. The highest BCUT2D eigenvalue weighted by Gasteiger charge is 2.21. The summed E-state index contributed by atoms with van der Waals surface area (Å²) < 4.78 is 0. The van der Waals surface area contributed by atoms with E-state index in [1.54, 1.807) is 0 Å². The summed E-state index contributed by atoms with van der Waals surface area (Å²) in [5, 5.41) is 3.63. The third kappa shape index (κ3) is 2.53. The summed E-state index contributed by atoms with van der Waals surface area (Å²) in [5.41, 5.74) is 3.03. The van der Waals surface area contributed by atoms with Crippen molar-refractivity contribution < 1.29 is 0 Å². The molecule has 1 N–H and O–H groups in total. The molecule has 0 aromatic heterocycles. The minimum atomic E-state index is 0.591. The molecule has 0 aliphatic carbocycles. The number of fused-ring (bicyclic) bond motifs is 1. The van der Waals surface area contributed by atoms with Gasteiger partial charge in [-0.2, -0.15) is 0 Å². The average molecular weight is 230 g/mol. The second kappa shape index (κ2) is 5.19. The Balaban J connectivity index is 1.56. The molecule has 2 aliphatic heterocycles. The molecule has 0 spiro atoms. The fraction of sp³-hybridized carbons (Fsp3) is 0.600. The summed E-state index contributed by atoms with van der Waals surface area (Å²) in [7, 11) is 0. The van der Waals surface area contributed by atoms with Crippen LogP contribution in [0.3, 0.4) is 0 Å². The molecule has 0 bridgehead atoms. The Labute approximate surface area is 104 Å². The lowest BCUT2D eigenvalue weighted by Crippen LogP contribution is -2.32. The Morgan fingerprint density at radius 2 is 1.94 bits per heavy atom. The zero-order valence-corrected chi connectivity index (χ0v) is 10.5. The third-order valence-electron chi connectivity index (χ3n) is 4.15. The minimum absolute atomic E-state index is 0.591. The molecule has 1 atom stereocenters. The second-order valence-electron chi connectivity index (χ2n) is 5.32. The molecule has 92 valence electrons. The predicted molar refractivity (Wildman–Crippen MR) is 70.9 cm³/mol. The number of nitrogens with zero attached hydrogens (tertiary/aromatic N) is 1. The summed E-state index contributed by atoms with van der Waals surface area (Å²) in [5.74, 6) is 0. The van der Waals surface area contributed by atoms with E-state index in [4.69, 9.17) is 0 Å². The topological polar surface area (TPSA) is 15.3 Å². The Morgan fingerprint density at radius 3 is 2.82 bits per heavy atom. The number of benzene rings is 1. The monoisotopic (exact) mass is 230 g/mol. The van der Waals surface area contributed by atoms with Gasteiger partial charge in [-0.3, -0.25) is 0 Å². The van der Waals surface area contributed by atoms with Crippen molar-refractivity contribution in [2.75, 3.05) is 19.6 Å². The van der Waals surface area contributed by atoms with E-state index in [9.17, 15) is 0 Å². The van der Waals surface area contributed by atoms with E-state index in [0.717, 1.165) is 6.54 Å². The van der Waals surface area contributed by atoms with Crippen LogP contribution in [0.15, 0.2) is 24.3 Å². The second-order valence-corrected chi connectivity index (χ2v) is 5.32. The van der Waals surface area contributed by atoms with E-state index in [0.29, 0.717) is 6.04 Å². The summed E-state index contributed by atoms with van der Waals surface area (Å²) in [6.07, 6.45) is 5.49. The van der Waals surface area contributed by atoms with Crippen molar-refractivity contribution >= 4 is 0 Å². The number of rotatable bonds is 3. The van der Waals surface area contributed by atoms with Crippen molar-refractivity contribution in [1.29, 1.82) is 0 Å². The van der Waals surface area contributed by atoms with Crippen molar-refractivity contribution in [3.8, 4) is 0 Å². The molecule has 0 radical (unpaired) electrons. The lowest BCUT2D eigenvalue weighted by atomic mass is 10.0. The third-order valence-corrected chi connectivity index (χ3v) is 4.15. The number of hydrogen-bond acceptors (Lipinski definition) is 2. The first-order valence-electron chi connectivity index (χ1n) is 6.97. The van der Waals surface area contributed by atoms with Gasteiger partial charge in [0.25, 0.3) is 0 Å². The maximum Gasteiger partial charge on any atom is 0.0338 e. The van der Waals surface area contributed by atoms with E-state index >= 15 is 0 Å². The zero-order valence-electron chi connectivity index (χ0n) is 10.5. The molecule has 3 rings (SSSR count). The predicted octanol–water partition coefficient (Wildman–Crippen LogP) is 2.71. The Morgan fingerprint density at radius 1 is 1.12 bits per heavy atom. The van der Waals surface area contributed by atoms with Gasteiger partial charge in [0.1, 0.15) is 0 Å². The van der Waals surface area contributed by atoms with Crippen LogP contribution in [0.5, 0.6) is 0 Å². The minimum Gasteiger partial charge on any atom is -0.306 e. The van der Waals surface area contributed by atoms with E-state index in [1.807, 2.05) is 0 Å². The largest absolute Gasteiger partial charge is 0.306 e. The standard InChI is InChI=1S/C15H22N2/c1-4-9-17(10-5-1)11-8-15-14-7-3-2-6-13(14)12-16-15/h2-3,6-7,15-16H,1,4-5,8-12H2. The van der Waals surface area contributed by atoms with Crippen molar-refractivity contribution in [1.82, 2.24) is 10.2 Å². The van der Waals surface area contributed by atoms with E-state index in [1.165, 1.54) is 56.4 Å². The lowest BCUT2D eigenvalue weighted by molar-refractivity contribution is 0.218. The zero-order chi connectivity index (χ0) is 11.5. The first kappa shape index (κ1) is 11.2. The first-order chi connectivity index (χ1) is 8.43. The van der Waals surface area contributed by atoms with Crippen molar-refractivity contribution in [2.45, 2.75) is 38.3 Å². The number of hydrogen-bond donors (Lipinski definition) is 1. The Kier molecular flexibility index (Phi) is 3.44. The van der Waals surface area contributed by atoms with Crippen LogP contribution in [0.4, 0.5) is 0 Å². The summed E-state index contributed by atoms with van der Waals surface area (Å²) >= 11 is 0. The van der Waals surface area contributed by atoms with Gasteiger partial charge in [-0.25, -0.2) is 0 Å². The van der Waals surface area contributed by atoms with Crippen LogP contribution in [0, 0.1) is 0 Å². The van der Waals surface area contributed by atoms with Crippen LogP contribution in [-0.2, 0) is 6.54 Å². The van der Waals surface area contributed by atoms with Gasteiger partial charge in [0.05, 0.1) is 0 Å². The normalized spacial score (nSPS) is 24.8. The highest BCUT2D eigenvalue weighted by Crippen LogP contribution is 2.27. The average Bonchev–Trinajstić information content (AvgIpc) is 2.81. The molecule has 2 heteroatoms. The van der Waals surface area contributed by atoms with Crippen molar-refractivity contribution in [2.24, 2.45) is 0 Å². The Hall–Kier alpha value is -0.860. The van der Waals surface area contributed by atoms with Crippen LogP contribution in [0.1, 0.15) is 42.9 Å². The molecule has 1 aromatic rings. The maximum absolute atomic E-state index is 3.63. The summed E-state index contributed by atoms with van der Waals surface area (Å²) in [6, 6.07) is 9.44. The van der Waals surface area contributed by atoms with Crippen LogP contribution >= 0.6 is 0 Å². The smallest absolute Gasteiger partial charge is 0.0338 e. The van der Waals surface area contributed by atoms with Crippen LogP contribution in [0.2, 0.25) is 0 Å². The quantitative estimate of drug-likeness (QED) is 0.859. The molecule has 1 unspecified atom stereocenters. The van der Waals surface area contributed by atoms with Gasteiger partial charge in [-0.05, 0) is 50.0 Å². The molecule has 0 saturated carbocycles. The number of piperidine rings is 1. The molecule has 1 fully saturated rings. The molecule has 0 amide bonds. The van der Waals surface area contributed by atoms with E-state index in [2.05, 4.69) is 34.5 Å². The molecular weight excluding hydrogens is 208 g/mol. The van der Waals surface area contributed by atoms with Gasteiger partial charge in [0, 0.05) is 12.6 Å². The molecular formula is C15H22N2. The number of likely N-dealkylation sites (tertiary alicyclic amines) is 1. The van der Waals surface area contributed by atoms with Crippen molar-refractivity contribution in [3.63, 3.8) is 0 Å². The molecule has 2 heterocycles. The van der Waals surface area contributed by atoms with Gasteiger partial charge in [0.15, 0.2) is 0 Å². The summed E-state index contributed by atoms with van der Waals surface area (Å²) in [4.78, 5) is 2.63. The molecule has 2 nitrogen and oxygen atoms in total. The van der Waals surface area contributed by atoms with Gasteiger partial charge >= 0.3 is 0 Å². The van der Waals surface area contributed by atoms with Gasteiger partial charge in [-0.15, -0.1) is 0 Å². The molecule has 1 aromatic carbocycles. The fourth-order valence-electron chi connectivity index (χ4n) is 3.13. The van der Waals surface area contributed by atoms with E-state index in [-0.39, 0.29) is 0 Å². The highest BCUT2D eigenvalue weighted by atomic mass is 15.1. The van der Waals surface area contributed by atoms with Crippen molar-refractivity contribution in [3.05, 3.63) is 35.4 Å². The molecule has 17 heavy (non-hydrogen) atoms. The van der Waals surface area contributed by atoms with Gasteiger partial charge in [-0.1, -0.05) is 30.7 Å². The summed E-state index contributed by atoms with van der Waals surface area (Å²) in [6.45, 7) is 4.94. The van der Waals surface area contributed by atoms with Gasteiger partial charge < -0.3 is 10.2 Å².